The number of aromatic carboxylic acids is 1. The molecule has 2 aromatic heterocycles. The molecule has 0 aliphatic carbocycles. The maximum Gasteiger partial charge on any atom is 0.337 e. The van der Waals surface area contributed by atoms with Crippen molar-refractivity contribution in [3.63, 3.8) is 0 Å². The molecule has 0 aliphatic heterocycles. The summed E-state index contributed by atoms with van der Waals surface area (Å²) in [6.45, 7) is 5.30. The van der Waals surface area contributed by atoms with Crippen LogP contribution in [0.5, 0.6) is 0 Å². The Hall–Kier alpha value is -1.88. The van der Waals surface area contributed by atoms with Gasteiger partial charge in [-0.3, -0.25) is 0 Å². The maximum atomic E-state index is 10.9. The summed E-state index contributed by atoms with van der Waals surface area (Å²) >= 11 is 6.06. The SMILES string of the molecule is Cc1nc(-n2nc(C)c(Cl)c2C)ccc1C(=O)O. The molecule has 6 heteroatoms. The first-order valence-electron chi connectivity index (χ1n) is 5.35. The molecule has 0 saturated heterocycles. The monoisotopic (exact) mass is 265 g/mol. The highest BCUT2D eigenvalue weighted by molar-refractivity contribution is 6.31. The molecule has 0 aromatic carbocycles. The summed E-state index contributed by atoms with van der Waals surface area (Å²) in [7, 11) is 0. The van der Waals surface area contributed by atoms with E-state index in [1.54, 1.807) is 17.7 Å². The number of carboxylic acid groups (broad SMARTS) is 1. The van der Waals surface area contributed by atoms with Gasteiger partial charge >= 0.3 is 5.97 Å². The van der Waals surface area contributed by atoms with Gasteiger partial charge in [0, 0.05) is 0 Å². The lowest BCUT2D eigenvalue weighted by Gasteiger charge is -2.06. The summed E-state index contributed by atoms with van der Waals surface area (Å²) < 4.78 is 1.61. The van der Waals surface area contributed by atoms with Crippen LogP contribution in [0.1, 0.15) is 27.4 Å². The van der Waals surface area contributed by atoms with Crippen LogP contribution >= 0.6 is 11.6 Å². The Morgan fingerprint density at radius 3 is 2.39 bits per heavy atom. The fraction of sp³-hybridized carbons (Fsp3) is 0.250. The minimum atomic E-state index is -0.988. The number of hydrogen-bond donors (Lipinski definition) is 1. The molecule has 0 fully saturated rings. The smallest absolute Gasteiger partial charge is 0.337 e. The van der Waals surface area contributed by atoms with Crippen LogP contribution in [-0.2, 0) is 0 Å². The van der Waals surface area contributed by atoms with Crippen molar-refractivity contribution in [2.45, 2.75) is 20.8 Å². The maximum absolute atomic E-state index is 10.9. The average Bonchev–Trinajstić information content (AvgIpc) is 2.56. The van der Waals surface area contributed by atoms with Crippen LogP contribution < -0.4 is 0 Å². The van der Waals surface area contributed by atoms with Gasteiger partial charge in [-0.15, -0.1) is 0 Å². The molecule has 0 atom stereocenters. The van der Waals surface area contributed by atoms with Crippen LogP contribution in [0, 0.1) is 20.8 Å². The van der Waals surface area contributed by atoms with Gasteiger partial charge in [0.2, 0.25) is 0 Å². The molecule has 0 unspecified atom stereocenters. The van der Waals surface area contributed by atoms with Crippen molar-refractivity contribution in [2.24, 2.45) is 0 Å². The molecule has 0 bridgehead atoms. The van der Waals surface area contributed by atoms with Crippen LogP contribution in [0.25, 0.3) is 5.82 Å². The van der Waals surface area contributed by atoms with E-state index >= 15 is 0 Å². The average molecular weight is 266 g/mol. The summed E-state index contributed by atoms with van der Waals surface area (Å²) in [5, 5.41) is 13.8. The fourth-order valence-corrected chi connectivity index (χ4v) is 1.86. The van der Waals surface area contributed by atoms with Crippen LogP contribution in [-0.4, -0.2) is 25.8 Å². The van der Waals surface area contributed by atoms with E-state index in [1.165, 1.54) is 6.07 Å². The van der Waals surface area contributed by atoms with E-state index in [1.807, 2.05) is 13.8 Å². The Bertz CT molecular complexity index is 634. The van der Waals surface area contributed by atoms with Gasteiger partial charge in [-0.2, -0.15) is 5.10 Å². The summed E-state index contributed by atoms with van der Waals surface area (Å²) in [6, 6.07) is 3.14. The Labute approximate surface area is 109 Å². The zero-order valence-corrected chi connectivity index (χ0v) is 11.0. The zero-order valence-electron chi connectivity index (χ0n) is 10.2. The molecule has 1 N–H and O–H groups in total. The van der Waals surface area contributed by atoms with Crippen LogP contribution in [0.15, 0.2) is 12.1 Å². The summed E-state index contributed by atoms with van der Waals surface area (Å²) in [5.74, 6) is -0.428. The van der Waals surface area contributed by atoms with E-state index in [9.17, 15) is 4.79 Å². The lowest BCUT2D eigenvalue weighted by Crippen LogP contribution is -2.07. The van der Waals surface area contributed by atoms with Gasteiger partial charge in [-0.25, -0.2) is 14.5 Å². The molecule has 0 saturated carbocycles. The Morgan fingerprint density at radius 1 is 1.28 bits per heavy atom. The van der Waals surface area contributed by atoms with Gasteiger partial charge < -0.3 is 5.11 Å². The second-order valence-electron chi connectivity index (χ2n) is 4.00. The number of halogens is 1. The molecule has 0 amide bonds. The van der Waals surface area contributed by atoms with Crippen molar-refractivity contribution < 1.29 is 9.90 Å². The molecule has 0 spiro atoms. The highest BCUT2D eigenvalue weighted by atomic mass is 35.5. The third-order valence-electron chi connectivity index (χ3n) is 2.72. The molecule has 2 aromatic rings. The number of carboxylic acids is 1. The second kappa shape index (κ2) is 4.42. The van der Waals surface area contributed by atoms with Gasteiger partial charge in [-0.05, 0) is 32.9 Å². The lowest BCUT2D eigenvalue weighted by molar-refractivity contribution is 0.0695. The summed E-state index contributed by atoms with van der Waals surface area (Å²) in [5.41, 5.74) is 2.13. The van der Waals surface area contributed by atoms with Crippen LogP contribution in [0.2, 0.25) is 5.02 Å². The normalized spacial score (nSPS) is 10.7. The second-order valence-corrected chi connectivity index (χ2v) is 4.38. The topological polar surface area (TPSA) is 68.0 Å². The van der Waals surface area contributed by atoms with E-state index in [2.05, 4.69) is 10.1 Å². The minimum Gasteiger partial charge on any atom is -0.478 e. The molecule has 94 valence electrons. The van der Waals surface area contributed by atoms with Crippen molar-refractivity contribution in [3.8, 4) is 5.82 Å². The fourth-order valence-electron chi connectivity index (χ4n) is 1.74. The first-order valence-corrected chi connectivity index (χ1v) is 5.72. The Balaban J connectivity index is 2.55. The molecule has 2 rings (SSSR count). The predicted molar refractivity (Wildman–Crippen MR) is 67.5 cm³/mol. The van der Waals surface area contributed by atoms with Crippen molar-refractivity contribution in [2.75, 3.05) is 0 Å². The first kappa shape index (κ1) is 12.6. The summed E-state index contributed by atoms with van der Waals surface area (Å²) in [6.07, 6.45) is 0. The number of nitrogens with zero attached hydrogens (tertiary/aromatic N) is 3. The van der Waals surface area contributed by atoms with Gasteiger partial charge in [0.05, 0.1) is 27.7 Å². The predicted octanol–water partition coefficient (Wildman–Crippen LogP) is 2.54. The molecule has 0 aliphatic rings. The van der Waals surface area contributed by atoms with Crippen molar-refractivity contribution in [1.29, 1.82) is 0 Å². The molecule has 2 heterocycles. The Morgan fingerprint density at radius 2 is 1.94 bits per heavy atom. The van der Waals surface area contributed by atoms with Crippen LogP contribution in [0.4, 0.5) is 0 Å². The lowest BCUT2D eigenvalue weighted by atomic mass is 10.2. The van der Waals surface area contributed by atoms with Crippen molar-refractivity contribution >= 4 is 17.6 Å². The number of aromatic nitrogens is 3. The quantitative estimate of drug-likeness (QED) is 0.906. The van der Waals surface area contributed by atoms with E-state index < -0.39 is 5.97 Å². The van der Waals surface area contributed by atoms with Crippen LogP contribution in [0.3, 0.4) is 0 Å². The molecule has 5 nitrogen and oxygen atoms in total. The number of rotatable bonds is 2. The van der Waals surface area contributed by atoms with Gasteiger partial charge in [0.1, 0.15) is 0 Å². The van der Waals surface area contributed by atoms with E-state index in [-0.39, 0.29) is 5.56 Å². The summed E-state index contributed by atoms with van der Waals surface area (Å²) in [4.78, 5) is 15.2. The number of aryl methyl sites for hydroxylation is 2. The van der Waals surface area contributed by atoms with Gasteiger partial charge in [-0.1, -0.05) is 11.6 Å². The first-order chi connectivity index (χ1) is 8.41. The van der Waals surface area contributed by atoms with Gasteiger partial charge in [0.25, 0.3) is 0 Å². The highest BCUT2D eigenvalue weighted by Gasteiger charge is 2.14. The minimum absolute atomic E-state index is 0.186. The highest BCUT2D eigenvalue weighted by Crippen LogP contribution is 2.22. The number of pyridine rings is 1. The zero-order chi connectivity index (χ0) is 13.4. The van der Waals surface area contributed by atoms with E-state index in [0.717, 1.165) is 11.4 Å². The third kappa shape index (κ3) is 1.97. The number of carbonyl (C=O) groups is 1. The molecular formula is C12H12ClN3O2. The van der Waals surface area contributed by atoms with Gasteiger partial charge in [0.15, 0.2) is 5.82 Å². The van der Waals surface area contributed by atoms with Crippen molar-refractivity contribution in [3.05, 3.63) is 39.8 Å². The molecule has 18 heavy (non-hydrogen) atoms. The molecule has 0 radical (unpaired) electrons. The standard InChI is InChI=1S/C12H12ClN3O2/c1-6-9(12(17)18)4-5-10(14-6)16-8(3)11(13)7(2)15-16/h4-5H,1-3H3,(H,17,18). The number of hydrogen-bond acceptors (Lipinski definition) is 3. The van der Waals surface area contributed by atoms with Crippen molar-refractivity contribution in [1.82, 2.24) is 14.8 Å². The van der Waals surface area contributed by atoms with E-state index in [4.69, 9.17) is 16.7 Å². The molecular weight excluding hydrogens is 254 g/mol. The largest absolute Gasteiger partial charge is 0.478 e. The van der Waals surface area contributed by atoms with E-state index in [0.29, 0.717) is 16.5 Å². The third-order valence-corrected chi connectivity index (χ3v) is 3.27. The Kier molecular flexibility index (Phi) is 3.09.